The molecule has 3 N–H and O–H groups in total. The van der Waals surface area contributed by atoms with E-state index in [1.54, 1.807) is 0 Å². The van der Waals surface area contributed by atoms with E-state index in [4.69, 9.17) is 0 Å². The second-order valence-corrected chi connectivity index (χ2v) is 5.32. The highest BCUT2D eigenvalue weighted by Crippen LogP contribution is 2.36. The van der Waals surface area contributed by atoms with Crippen LogP contribution in [-0.4, -0.2) is 35.5 Å². The Balaban J connectivity index is 2.29. The second-order valence-electron chi connectivity index (χ2n) is 5.32. The van der Waals surface area contributed by atoms with Gasteiger partial charge in [0.2, 0.25) is 0 Å². The standard InChI is InChI=1S/C12H25NO2/c1-3-11(2,15)8-13-9-12(10-14)6-4-5-7-12/h13-15H,3-10H2,1-2H3. The van der Waals surface area contributed by atoms with Gasteiger partial charge in [-0.2, -0.15) is 0 Å². The quantitative estimate of drug-likeness (QED) is 0.626. The Morgan fingerprint density at radius 1 is 1.33 bits per heavy atom. The van der Waals surface area contributed by atoms with Crippen molar-refractivity contribution in [1.82, 2.24) is 5.32 Å². The molecule has 0 bridgehead atoms. The van der Waals surface area contributed by atoms with Crippen molar-refractivity contribution in [2.75, 3.05) is 19.7 Å². The van der Waals surface area contributed by atoms with Gasteiger partial charge in [0.15, 0.2) is 0 Å². The minimum atomic E-state index is -0.616. The summed E-state index contributed by atoms with van der Waals surface area (Å²) in [4.78, 5) is 0. The molecule has 0 amide bonds. The van der Waals surface area contributed by atoms with E-state index < -0.39 is 5.60 Å². The number of hydrogen-bond acceptors (Lipinski definition) is 3. The average molecular weight is 215 g/mol. The Morgan fingerprint density at radius 3 is 2.40 bits per heavy atom. The highest BCUT2D eigenvalue weighted by molar-refractivity contribution is 4.87. The summed E-state index contributed by atoms with van der Waals surface area (Å²) in [5, 5.41) is 22.5. The van der Waals surface area contributed by atoms with Crippen molar-refractivity contribution >= 4 is 0 Å². The van der Waals surface area contributed by atoms with E-state index >= 15 is 0 Å². The molecule has 1 saturated carbocycles. The van der Waals surface area contributed by atoms with Crippen LogP contribution in [0.3, 0.4) is 0 Å². The maximum absolute atomic E-state index is 9.83. The fourth-order valence-corrected chi connectivity index (χ4v) is 2.24. The highest BCUT2D eigenvalue weighted by Gasteiger charge is 2.33. The molecule has 1 aliphatic rings. The molecule has 0 heterocycles. The molecular formula is C12H25NO2. The first kappa shape index (κ1) is 12.9. The van der Waals surface area contributed by atoms with Crippen molar-refractivity contribution in [3.63, 3.8) is 0 Å². The van der Waals surface area contributed by atoms with Gasteiger partial charge in [-0.15, -0.1) is 0 Å². The minimum Gasteiger partial charge on any atom is -0.396 e. The lowest BCUT2D eigenvalue weighted by atomic mass is 9.87. The highest BCUT2D eigenvalue weighted by atomic mass is 16.3. The zero-order valence-electron chi connectivity index (χ0n) is 10.1. The Morgan fingerprint density at radius 2 is 1.93 bits per heavy atom. The molecule has 0 aromatic heterocycles. The predicted molar refractivity (Wildman–Crippen MR) is 61.8 cm³/mol. The Kier molecular flexibility index (Phi) is 4.56. The SMILES string of the molecule is CCC(C)(O)CNCC1(CO)CCCC1. The summed E-state index contributed by atoms with van der Waals surface area (Å²) in [6.07, 6.45) is 5.44. The average Bonchev–Trinajstić information content (AvgIpc) is 2.67. The first-order chi connectivity index (χ1) is 7.04. The van der Waals surface area contributed by atoms with Crippen LogP contribution in [0.15, 0.2) is 0 Å². The molecule has 1 unspecified atom stereocenters. The third-order valence-electron chi connectivity index (χ3n) is 3.77. The van der Waals surface area contributed by atoms with Crippen LogP contribution in [0.5, 0.6) is 0 Å². The van der Waals surface area contributed by atoms with Crippen molar-refractivity contribution in [3.05, 3.63) is 0 Å². The van der Waals surface area contributed by atoms with Crippen LogP contribution in [0.2, 0.25) is 0 Å². The van der Waals surface area contributed by atoms with Gasteiger partial charge in [0.25, 0.3) is 0 Å². The molecule has 0 aromatic carbocycles. The van der Waals surface area contributed by atoms with E-state index in [0.29, 0.717) is 6.54 Å². The molecule has 1 fully saturated rings. The molecular weight excluding hydrogens is 190 g/mol. The first-order valence-corrected chi connectivity index (χ1v) is 6.08. The normalized spacial score (nSPS) is 24.0. The zero-order chi connectivity index (χ0) is 11.4. The Labute approximate surface area is 92.9 Å². The van der Waals surface area contributed by atoms with E-state index in [9.17, 15) is 10.2 Å². The molecule has 3 nitrogen and oxygen atoms in total. The van der Waals surface area contributed by atoms with Crippen LogP contribution >= 0.6 is 0 Å². The van der Waals surface area contributed by atoms with Gasteiger partial charge in [0, 0.05) is 25.1 Å². The van der Waals surface area contributed by atoms with Crippen LogP contribution in [-0.2, 0) is 0 Å². The van der Waals surface area contributed by atoms with Crippen molar-refractivity contribution in [2.45, 2.75) is 51.6 Å². The molecule has 0 spiro atoms. The van der Waals surface area contributed by atoms with Gasteiger partial charge in [-0.25, -0.2) is 0 Å². The van der Waals surface area contributed by atoms with E-state index in [1.165, 1.54) is 12.8 Å². The molecule has 0 aromatic rings. The van der Waals surface area contributed by atoms with Gasteiger partial charge < -0.3 is 15.5 Å². The van der Waals surface area contributed by atoms with E-state index in [1.807, 2.05) is 13.8 Å². The van der Waals surface area contributed by atoms with E-state index in [2.05, 4.69) is 5.32 Å². The van der Waals surface area contributed by atoms with Gasteiger partial charge in [-0.05, 0) is 26.2 Å². The van der Waals surface area contributed by atoms with Crippen LogP contribution in [0.1, 0.15) is 46.0 Å². The number of hydrogen-bond donors (Lipinski definition) is 3. The molecule has 0 saturated heterocycles. The smallest absolute Gasteiger partial charge is 0.0740 e. The summed E-state index contributed by atoms with van der Waals surface area (Å²) in [5.74, 6) is 0. The number of nitrogens with one attached hydrogen (secondary N) is 1. The van der Waals surface area contributed by atoms with Gasteiger partial charge in [0.1, 0.15) is 0 Å². The van der Waals surface area contributed by atoms with E-state index in [0.717, 1.165) is 25.8 Å². The lowest BCUT2D eigenvalue weighted by Crippen LogP contribution is -2.43. The van der Waals surface area contributed by atoms with E-state index in [-0.39, 0.29) is 12.0 Å². The molecule has 3 heteroatoms. The molecule has 1 atom stereocenters. The Hall–Kier alpha value is -0.120. The molecule has 90 valence electrons. The number of aliphatic hydroxyl groups is 2. The topological polar surface area (TPSA) is 52.5 Å². The third-order valence-corrected chi connectivity index (χ3v) is 3.77. The summed E-state index contributed by atoms with van der Waals surface area (Å²) in [6, 6.07) is 0. The summed E-state index contributed by atoms with van der Waals surface area (Å²) >= 11 is 0. The van der Waals surface area contributed by atoms with Crippen molar-refractivity contribution in [3.8, 4) is 0 Å². The van der Waals surface area contributed by atoms with Gasteiger partial charge >= 0.3 is 0 Å². The molecule has 1 aliphatic carbocycles. The van der Waals surface area contributed by atoms with Gasteiger partial charge in [-0.1, -0.05) is 19.8 Å². The lowest BCUT2D eigenvalue weighted by Gasteiger charge is -2.29. The Bertz CT molecular complexity index is 186. The zero-order valence-corrected chi connectivity index (χ0v) is 10.1. The number of aliphatic hydroxyl groups excluding tert-OH is 1. The van der Waals surface area contributed by atoms with Crippen molar-refractivity contribution < 1.29 is 10.2 Å². The second kappa shape index (κ2) is 5.28. The molecule has 0 aliphatic heterocycles. The van der Waals surface area contributed by atoms with Crippen LogP contribution in [0, 0.1) is 5.41 Å². The molecule has 0 radical (unpaired) electrons. The van der Waals surface area contributed by atoms with Gasteiger partial charge in [-0.3, -0.25) is 0 Å². The van der Waals surface area contributed by atoms with Gasteiger partial charge in [0.05, 0.1) is 5.60 Å². The van der Waals surface area contributed by atoms with Crippen molar-refractivity contribution in [2.24, 2.45) is 5.41 Å². The third kappa shape index (κ3) is 3.74. The van der Waals surface area contributed by atoms with Crippen LogP contribution in [0.25, 0.3) is 0 Å². The maximum Gasteiger partial charge on any atom is 0.0740 e. The first-order valence-electron chi connectivity index (χ1n) is 6.08. The monoisotopic (exact) mass is 215 g/mol. The largest absolute Gasteiger partial charge is 0.396 e. The molecule has 15 heavy (non-hydrogen) atoms. The fraction of sp³-hybridized carbons (Fsp3) is 1.00. The van der Waals surface area contributed by atoms with Crippen LogP contribution in [0.4, 0.5) is 0 Å². The number of rotatable bonds is 6. The molecule has 1 rings (SSSR count). The summed E-state index contributed by atoms with van der Waals surface area (Å²) in [5.41, 5.74) is -0.529. The minimum absolute atomic E-state index is 0.0871. The van der Waals surface area contributed by atoms with Crippen LogP contribution < -0.4 is 5.32 Å². The summed E-state index contributed by atoms with van der Waals surface area (Å²) in [7, 11) is 0. The predicted octanol–water partition coefficient (Wildman–Crippen LogP) is 1.29. The fourth-order valence-electron chi connectivity index (χ4n) is 2.24. The maximum atomic E-state index is 9.83. The summed E-state index contributed by atoms with van der Waals surface area (Å²) in [6.45, 7) is 5.55. The van der Waals surface area contributed by atoms with Crippen molar-refractivity contribution in [1.29, 1.82) is 0 Å². The summed E-state index contributed by atoms with van der Waals surface area (Å²) < 4.78 is 0. The lowest BCUT2D eigenvalue weighted by molar-refractivity contribution is 0.0481.